The van der Waals surface area contributed by atoms with Crippen LogP contribution in [0.3, 0.4) is 0 Å². The van der Waals surface area contributed by atoms with Gasteiger partial charge in [0, 0.05) is 24.1 Å². The zero-order valence-corrected chi connectivity index (χ0v) is 24.1. The highest BCUT2D eigenvalue weighted by Crippen LogP contribution is 2.56. The van der Waals surface area contributed by atoms with Gasteiger partial charge in [-0.2, -0.15) is 10.4 Å². The molecule has 0 aromatic carbocycles. The summed E-state index contributed by atoms with van der Waals surface area (Å²) in [5, 5.41) is 30.0. The maximum atomic E-state index is 14.5. The molecule has 2 bridgehead atoms. The molecule has 4 aliphatic rings. The van der Waals surface area contributed by atoms with E-state index in [2.05, 4.69) is 26.8 Å². The van der Waals surface area contributed by atoms with Crippen LogP contribution in [0.15, 0.2) is 36.7 Å². The number of aliphatic hydroxyl groups is 1. The zero-order valence-electron chi connectivity index (χ0n) is 24.1. The summed E-state index contributed by atoms with van der Waals surface area (Å²) in [7, 11) is 0. The lowest BCUT2D eigenvalue weighted by atomic mass is 9.55. The van der Waals surface area contributed by atoms with Crippen molar-refractivity contribution in [2.45, 2.75) is 88.9 Å². The molecule has 0 radical (unpaired) electrons. The number of Topliss-reactive ketones (excluding diaryl/α,β-unsaturated/α-hetero) is 1. The van der Waals surface area contributed by atoms with Gasteiger partial charge in [-0.25, -0.2) is 8.91 Å². The second-order valence-electron chi connectivity index (χ2n) is 13.2. The van der Waals surface area contributed by atoms with Gasteiger partial charge in [0.25, 0.3) is 5.91 Å². The van der Waals surface area contributed by atoms with E-state index in [0.717, 1.165) is 56.9 Å². The number of hydrogen-bond donors (Lipinski definition) is 3. The summed E-state index contributed by atoms with van der Waals surface area (Å²) in [6.45, 7) is 2.40. The molecule has 3 N–H and O–H groups in total. The van der Waals surface area contributed by atoms with Gasteiger partial charge in [0.2, 0.25) is 0 Å². The highest BCUT2D eigenvalue weighted by Gasteiger charge is 2.50. The van der Waals surface area contributed by atoms with Crippen molar-refractivity contribution in [1.29, 1.82) is 5.26 Å². The quantitative estimate of drug-likeness (QED) is 0.312. The molecule has 4 saturated carbocycles. The van der Waals surface area contributed by atoms with Crippen LogP contribution < -0.4 is 10.6 Å². The Hall–Kier alpha value is -3.84. The first kappa shape index (κ1) is 28.3. The number of nitrogens with zero attached hydrogens (tertiary/aromatic N) is 4. The van der Waals surface area contributed by atoms with Crippen molar-refractivity contribution < 1.29 is 19.1 Å². The van der Waals surface area contributed by atoms with Gasteiger partial charge in [0.1, 0.15) is 18.0 Å². The van der Waals surface area contributed by atoms with Crippen LogP contribution in [-0.2, 0) is 4.79 Å². The fourth-order valence-electron chi connectivity index (χ4n) is 6.58. The van der Waals surface area contributed by atoms with Crippen LogP contribution in [0.2, 0.25) is 0 Å². The number of amides is 1. The van der Waals surface area contributed by atoms with Crippen molar-refractivity contribution in [2.75, 3.05) is 11.9 Å². The Labute approximate surface area is 244 Å². The van der Waals surface area contributed by atoms with E-state index in [1.807, 2.05) is 18.2 Å². The highest BCUT2D eigenvalue weighted by atomic mass is 19.1. The van der Waals surface area contributed by atoms with Gasteiger partial charge in [-0.15, -0.1) is 0 Å². The molecule has 3 aromatic rings. The van der Waals surface area contributed by atoms with E-state index in [1.165, 1.54) is 26.2 Å². The van der Waals surface area contributed by atoms with Gasteiger partial charge in [0.05, 0.1) is 52.1 Å². The maximum Gasteiger partial charge on any atom is 0.255 e. The number of pyridine rings is 1. The predicted octanol–water partition coefficient (Wildman–Crippen LogP) is 4.98. The summed E-state index contributed by atoms with van der Waals surface area (Å²) in [4.78, 5) is 30.6. The first-order chi connectivity index (χ1) is 20.0. The fraction of sp³-hybridized carbons (Fsp3) is 0.531. The summed E-state index contributed by atoms with van der Waals surface area (Å²) in [5.74, 6) is 0.240. The van der Waals surface area contributed by atoms with Crippen molar-refractivity contribution in [1.82, 2.24) is 19.9 Å². The second-order valence-corrected chi connectivity index (χ2v) is 13.2. The third kappa shape index (κ3) is 5.50. The molecule has 42 heavy (non-hydrogen) atoms. The molecule has 9 nitrogen and oxygen atoms in total. The number of carbonyl (C=O) groups is 2. The Balaban J connectivity index is 1.28. The molecule has 4 fully saturated rings. The highest BCUT2D eigenvalue weighted by molar-refractivity contribution is 6.00. The number of carbonyl (C=O) groups excluding carboxylic acids is 2. The van der Waals surface area contributed by atoms with Gasteiger partial charge in [-0.1, -0.05) is 0 Å². The lowest BCUT2D eigenvalue weighted by Gasteiger charge is -2.54. The minimum atomic E-state index is -1.64. The van der Waals surface area contributed by atoms with Crippen LogP contribution in [0.1, 0.15) is 87.6 Å². The van der Waals surface area contributed by atoms with Crippen molar-refractivity contribution in [2.24, 2.45) is 11.3 Å². The predicted molar refractivity (Wildman–Crippen MR) is 156 cm³/mol. The van der Waals surface area contributed by atoms with E-state index in [4.69, 9.17) is 0 Å². The monoisotopic (exact) mass is 572 g/mol. The smallest absolute Gasteiger partial charge is 0.255 e. The van der Waals surface area contributed by atoms with E-state index < -0.39 is 17.7 Å². The minimum Gasteiger partial charge on any atom is -0.387 e. The summed E-state index contributed by atoms with van der Waals surface area (Å²) >= 11 is 0. The molecule has 0 unspecified atom stereocenters. The van der Waals surface area contributed by atoms with E-state index in [-0.39, 0.29) is 23.4 Å². The first-order valence-electron chi connectivity index (χ1n) is 14.8. The molecule has 10 heteroatoms. The maximum absolute atomic E-state index is 14.5. The van der Waals surface area contributed by atoms with Gasteiger partial charge < -0.3 is 15.7 Å². The van der Waals surface area contributed by atoms with Crippen LogP contribution in [-0.4, -0.2) is 55.3 Å². The van der Waals surface area contributed by atoms with E-state index >= 15 is 0 Å². The summed E-state index contributed by atoms with van der Waals surface area (Å²) < 4.78 is 16.2. The molecule has 0 saturated heterocycles. The van der Waals surface area contributed by atoms with Gasteiger partial charge in [0.15, 0.2) is 0 Å². The van der Waals surface area contributed by atoms with Crippen molar-refractivity contribution in [3.63, 3.8) is 0 Å². The second kappa shape index (κ2) is 10.5. The number of nitriles is 1. The third-order valence-electron chi connectivity index (χ3n) is 9.63. The Morgan fingerprint density at radius 3 is 2.52 bits per heavy atom. The zero-order chi connectivity index (χ0) is 29.7. The van der Waals surface area contributed by atoms with Gasteiger partial charge >= 0.3 is 0 Å². The lowest BCUT2D eigenvalue weighted by molar-refractivity contribution is -0.124. The number of hydrogen-bond acceptors (Lipinski definition) is 7. The molecule has 4 aliphatic carbocycles. The van der Waals surface area contributed by atoms with E-state index in [1.54, 1.807) is 10.6 Å². The molecule has 3 heterocycles. The number of aromatic nitrogens is 3. The number of rotatable bonds is 10. The topological polar surface area (TPSA) is 132 Å². The molecule has 1 amide bonds. The average Bonchev–Trinajstić information content (AvgIpc) is 3.75. The molecule has 1 atom stereocenters. The van der Waals surface area contributed by atoms with Crippen molar-refractivity contribution in [3.8, 4) is 17.5 Å². The molecule has 0 spiro atoms. The molecule has 3 aromatic heterocycles. The minimum absolute atomic E-state index is 0.0960. The van der Waals surface area contributed by atoms with Crippen LogP contribution in [0.4, 0.5) is 10.1 Å². The molecular formula is C32H37FN6O3. The van der Waals surface area contributed by atoms with E-state index in [9.17, 15) is 24.3 Å². The average molecular weight is 573 g/mol. The van der Waals surface area contributed by atoms with Crippen molar-refractivity contribution in [3.05, 3.63) is 47.8 Å². The first-order valence-corrected chi connectivity index (χ1v) is 14.8. The van der Waals surface area contributed by atoms with Gasteiger partial charge in [-0.3, -0.25) is 14.6 Å². The standard InChI is InChI=1S/C32H37FN6O3/c1-30(2,42)28(33)19-36-29(41)23-18-35-25(26-6-5-22-13-20(16-34)17-37-39(22)26)14-24(23)38-32-10-7-31(8-11-32,9-12-32)15-27(40)21-3-4-21/h5-6,13-14,17-18,21,28,42H,3-4,7-12,15,19H2,1-2H3,(H,35,38)(H,36,41)/t28-,31?,32?/m1/s1. The van der Waals surface area contributed by atoms with Crippen LogP contribution >= 0.6 is 0 Å². The van der Waals surface area contributed by atoms with E-state index in [0.29, 0.717) is 40.4 Å². The van der Waals surface area contributed by atoms with Crippen LogP contribution in [0.25, 0.3) is 16.9 Å². The number of halogens is 1. The third-order valence-corrected chi connectivity index (χ3v) is 9.63. The molecule has 0 aliphatic heterocycles. The SMILES string of the molecule is CC(C)(O)[C@H](F)CNC(=O)c1cnc(-c2ccc3cc(C#N)cnn23)cc1NC12CCC(CC(=O)C3CC3)(CC1)CC2. The Morgan fingerprint density at radius 2 is 1.88 bits per heavy atom. The number of anilines is 1. The van der Waals surface area contributed by atoms with Gasteiger partial charge in [-0.05, 0) is 94.9 Å². The Kier molecular flexibility index (Phi) is 7.04. The molecule has 7 rings (SSSR count). The number of alkyl halides is 1. The molecular weight excluding hydrogens is 535 g/mol. The normalized spacial score (nSPS) is 24.3. The summed E-state index contributed by atoms with van der Waals surface area (Å²) in [6.07, 6.45) is 9.76. The molecule has 220 valence electrons. The number of nitrogens with one attached hydrogen (secondary N) is 2. The number of fused-ring (bicyclic) bond motifs is 4. The number of ketones is 1. The van der Waals surface area contributed by atoms with Crippen LogP contribution in [0.5, 0.6) is 0 Å². The van der Waals surface area contributed by atoms with Crippen LogP contribution in [0, 0.1) is 22.7 Å². The summed E-state index contributed by atoms with van der Waals surface area (Å²) in [5.41, 5.74) is 1.70. The lowest BCUT2D eigenvalue weighted by Crippen LogP contribution is -2.51. The van der Waals surface area contributed by atoms with Crippen molar-refractivity contribution >= 4 is 22.9 Å². The largest absolute Gasteiger partial charge is 0.387 e. The summed E-state index contributed by atoms with van der Waals surface area (Å²) in [6, 6.07) is 9.42. The Bertz CT molecular complexity index is 1560. The fourth-order valence-corrected chi connectivity index (χ4v) is 6.58. The Morgan fingerprint density at radius 1 is 1.17 bits per heavy atom.